The monoisotopic (exact) mass is 388 g/mol. The minimum Gasteiger partial charge on any atom is -0.394 e. The maximum atomic E-state index is 14.3. The molecule has 0 saturated carbocycles. The summed E-state index contributed by atoms with van der Waals surface area (Å²) in [6.07, 6.45) is 7.58. The average Bonchev–Trinajstić information content (AvgIpc) is 3.34. The summed E-state index contributed by atoms with van der Waals surface area (Å²) < 4.78 is 17.4. The topological polar surface area (TPSA) is 72.1 Å². The van der Waals surface area contributed by atoms with E-state index < -0.39 is 5.82 Å². The lowest BCUT2D eigenvalue weighted by molar-refractivity contribution is 0.0915. The summed E-state index contributed by atoms with van der Waals surface area (Å²) in [6.45, 7) is -0.146. The van der Waals surface area contributed by atoms with E-state index in [4.69, 9.17) is 0 Å². The lowest BCUT2D eigenvalue weighted by Gasteiger charge is -2.16. The average molecular weight is 388 g/mol. The van der Waals surface area contributed by atoms with Gasteiger partial charge >= 0.3 is 0 Å². The first-order valence-electron chi connectivity index (χ1n) is 8.52. The summed E-state index contributed by atoms with van der Waals surface area (Å²) in [4.78, 5) is 12.8. The van der Waals surface area contributed by atoms with Gasteiger partial charge in [-0.15, -0.1) is 0 Å². The molecule has 0 unspecified atom stereocenters. The number of aliphatic hydroxyl groups is 1. The first-order valence-corrected chi connectivity index (χ1v) is 9.92. The summed E-state index contributed by atoms with van der Waals surface area (Å²) in [7, 11) is 0. The van der Waals surface area contributed by atoms with Gasteiger partial charge in [-0.3, -0.25) is 4.79 Å². The molecule has 27 heavy (non-hydrogen) atoms. The van der Waals surface area contributed by atoms with Crippen molar-refractivity contribution in [1.82, 2.24) is 19.7 Å². The number of thioether (sulfide) groups is 1. The van der Waals surface area contributed by atoms with Crippen molar-refractivity contribution in [2.45, 2.75) is 12.5 Å². The summed E-state index contributed by atoms with van der Waals surface area (Å²) in [5.74, 6) is 0.463. The van der Waals surface area contributed by atoms with Crippen LogP contribution in [0.25, 0.3) is 11.5 Å². The molecule has 2 heterocycles. The Balaban J connectivity index is 1.99. The molecule has 1 atom stereocenters. The van der Waals surface area contributed by atoms with E-state index in [-0.39, 0.29) is 24.2 Å². The normalized spacial score (nSPS) is 12.1. The fourth-order valence-electron chi connectivity index (χ4n) is 2.76. The van der Waals surface area contributed by atoms with Crippen LogP contribution in [0.3, 0.4) is 0 Å². The van der Waals surface area contributed by atoms with E-state index >= 15 is 0 Å². The summed E-state index contributed by atoms with van der Waals surface area (Å²) in [6, 6.07) is 9.54. The van der Waals surface area contributed by atoms with Crippen LogP contribution in [0.4, 0.5) is 4.39 Å². The van der Waals surface area contributed by atoms with E-state index in [1.807, 2.05) is 18.4 Å². The zero-order valence-electron chi connectivity index (χ0n) is 14.9. The van der Waals surface area contributed by atoms with Crippen LogP contribution >= 0.6 is 11.8 Å². The maximum Gasteiger partial charge on any atom is 0.257 e. The number of carbonyl (C=O) groups is 1. The smallest absolute Gasteiger partial charge is 0.257 e. The lowest BCUT2D eigenvalue weighted by atomic mass is 10.2. The molecule has 2 aromatic heterocycles. The molecule has 1 amide bonds. The van der Waals surface area contributed by atoms with Crippen LogP contribution in [0.5, 0.6) is 0 Å². The number of hydrogen-bond acceptors (Lipinski definition) is 4. The molecule has 0 saturated heterocycles. The van der Waals surface area contributed by atoms with Gasteiger partial charge in [0.05, 0.1) is 18.8 Å². The van der Waals surface area contributed by atoms with Crippen LogP contribution < -0.4 is 5.32 Å². The third-order valence-electron chi connectivity index (χ3n) is 4.14. The van der Waals surface area contributed by atoms with Crippen LogP contribution in [0.1, 0.15) is 16.8 Å². The first-order chi connectivity index (χ1) is 13.2. The van der Waals surface area contributed by atoms with Crippen molar-refractivity contribution in [3.8, 4) is 11.5 Å². The first kappa shape index (κ1) is 19.2. The second-order valence-corrected chi connectivity index (χ2v) is 6.96. The van der Waals surface area contributed by atoms with E-state index in [1.54, 1.807) is 46.9 Å². The third kappa shape index (κ3) is 4.23. The number of para-hydroxylation sites is 1. The molecule has 3 rings (SSSR count). The number of nitrogens with zero attached hydrogens (tertiary/aromatic N) is 3. The van der Waals surface area contributed by atoms with Gasteiger partial charge in [0.25, 0.3) is 5.91 Å². The number of hydrogen-bond donors (Lipinski definition) is 2. The molecule has 0 radical (unpaired) electrons. The van der Waals surface area contributed by atoms with E-state index in [1.165, 1.54) is 16.9 Å². The highest BCUT2D eigenvalue weighted by Gasteiger charge is 2.23. The molecule has 1 aromatic carbocycles. The zero-order valence-corrected chi connectivity index (χ0v) is 15.7. The minimum absolute atomic E-state index is 0.146. The Hall–Kier alpha value is -2.58. The molecule has 0 fully saturated rings. The second-order valence-electron chi connectivity index (χ2n) is 5.97. The Morgan fingerprint density at radius 3 is 2.70 bits per heavy atom. The molecule has 8 heteroatoms. The maximum absolute atomic E-state index is 14.3. The largest absolute Gasteiger partial charge is 0.394 e. The van der Waals surface area contributed by atoms with Crippen LogP contribution in [-0.4, -0.2) is 50.0 Å². The Bertz CT molecular complexity index is 895. The molecule has 0 aliphatic heterocycles. The highest BCUT2D eigenvalue weighted by molar-refractivity contribution is 7.98. The van der Waals surface area contributed by atoms with Gasteiger partial charge in [0, 0.05) is 12.4 Å². The summed E-state index contributed by atoms with van der Waals surface area (Å²) in [5, 5.41) is 16.6. The Morgan fingerprint density at radius 1 is 1.30 bits per heavy atom. The number of benzene rings is 1. The van der Waals surface area contributed by atoms with Crippen molar-refractivity contribution in [1.29, 1.82) is 0 Å². The standard InChI is InChI=1S/C19H21FN4O2S/c1-27-11-8-14(13-25)22-18(26)15-12-21-24(17-7-3-2-6-16(17)20)19(15)23-9-4-5-10-23/h2-7,9-10,12,14,25H,8,11,13H2,1H3,(H,22,26)/t14-/m0/s1. The van der Waals surface area contributed by atoms with Gasteiger partial charge in [0.15, 0.2) is 5.82 Å². The number of nitrogens with one attached hydrogen (secondary N) is 1. The minimum atomic E-state index is -0.436. The number of amides is 1. The van der Waals surface area contributed by atoms with Gasteiger partial charge in [-0.2, -0.15) is 16.9 Å². The van der Waals surface area contributed by atoms with Gasteiger partial charge in [0.1, 0.15) is 17.1 Å². The third-order valence-corrected chi connectivity index (χ3v) is 4.79. The Morgan fingerprint density at radius 2 is 2.04 bits per heavy atom. The fourth-order valence-corrected chi connectivity index (χ4v) is 3.28. The predicted molar refractivity (Wildman–Crippen MR) is 104 cm³/mol. The van der Waals surface area contributed by atoms with Crippen molar-refractivity contribution in [3.63, 3.8) is 0 Å². The molecule has 142 valence electrons. The van der Waals surface area contributed by atoms with E-state index in [2.05, 4.69) is 10.4 Å². The predicted octanol–water partition coefficient (Wildman–Crippen LogP) is 2.65. The molecule has 6 nitrogen and oxygen atoms in total. The van der Waals surface area contributed by atoms with Crippen molar-refractivity contribution in [2.24, 2.45) is 0 Å². The van der Waals surface area contributed by atoms with Crippen LogP contribution in [-0.2, 0) is 0 Å². The van der Waals surface area contributed by atoms with Crippen LogP contribution in [0.2, 0.25) is 0 Å². The van der Waals surface area contributed by atoms with Gasteiger partial charge in [-0.1, -0.05) is 12.1 Å². The highest BCUT2D eigenvalue weighted by atomic mass is 32.2. The van der Waals surface area contributed by atoms with Crippen LogP contribution in [0.15, 0.2) is 55.0 Å². The van der Waals surface area contributed by atoms with Crippen molar-refractivity contribution >= 4 is 17.7 Å². The molecule has 3 aromatic rings. The van der Waals surface area contributed by atoms with Gasteiger partial charge in [0.2, 0.25) is 0 Å². The van der Waals surface area contributed by atoms with Gasteiger partial charge in [-0.05, 0) is 42.7 Å². The number of rotatable bonds is 8. The lowest BCUT2D eigenvalue weighted by Crippen LogP contribution is -2.38. The van der Waals surface area contributed by atoms with Crippen molar-refractivity contribution < 1.29 is 14.3 Å². The molecule has 0 aliphatic rings. The molecule has 0 bridgehead atoms. The van der Waals surface area contributed by atoms with Gasteiger partial charge < -0.3 is 15.0 Å². The number of aliphatic hydroxyl groups excluding tert-OH is 1. The summed E-state index contributed by atoms with van der Waals surface area (Å²) in [5.41, 5.74) is 0.554. The Labute approximate surface area is 161 Å². The van der Waals surface area contributed by atoms with Crippen molar-refractivity contribution in [3.05, 3.63) is 66.4 Å². The molecule has 2 N–H and O–H groups in total. The summed E-state index contributed by atoms with van der Waals surface area (Å²) >= 11 is 1.65. The van der Waals surface area contributed by atoms with Crippen LogP contribution in [0, 0.1) is 5.82 Å². The van der Waals surface area contributed by atoms with E-state index in [0.717, 1.165) is 5.75 Å². The fraction of sp³-hybridized carbons (Fsp3) is 0.263. The van der Waals surface area contributed by atoms with Gasteiger partial charge in [-0.25, -0.2) is 9.07 Å². The van der Waals surface area contributed by atoms with E-state index in [0.29, 0.717) is 17.8 Å². The van der Waals surface area contributed by atoms with Crippen molar-refractivity contribution in [2.75, 3.05) is 18.6 Å². The zero-order chi connectivity index (χ0) is 19.2. The molecular formula is C19H21FN4O2S. The number of halogens is 1. The Kier molecular flexibility index (Phi) is 6.31. The number of aromatic nitrogens is 3. The number of carbonyl (C=O) groups excluding carboxylic acids is 1. The quantitative estimate of drug-likeness (QED) is 0.622. The molecular weight excluding hydrogens is 367 g/mol. The molecule has 0 aliphatic carbocycles. The molecule has 0 spiro atoms. The second kappa shape index (κ2) is 8.88. The van der Waals surface area contributed by atoms with E-state index in [9.17, 15) is 14.3 Å². The SMILES string of the molecule is CSCC[C@@H](CO)NC(=O)c1cnn(-c2ccccc2F)c1-n1cccc1. The highest BCUT2D eigenvalue weighted by Crippen LogP contribution is 2.22.